The zero-order chi connectivity index (χ0) is 21.7. The molecule has 0 atom stereocenters. The van der Waals surface area contributed by atoms with Crippen LogP contribution in [0.15, 0.2) is 54.7 Å². The Kier molecular flexibility index (Phi) is 7.42. The first-order valence-electron chi connectivity index (χ1n) is 8.59. The zero-order valence-electron chi connectivity index (χ0n) is 16.0. The molecule has 2 aromatic carbocycles. The zero-order valence-corrected chi connectivity index (χ0v) is 16.8. The Balaban J connectivity index is 0.00000341. The number of carbonyl (C=O) groups excluding carboxylic acids is 1. The van der Waals surface area contributed by atoms with Crippen LogP contribution in [0.25, 0.3) is 0 Å². The standard InChI is InChI=1S/C19H16N6O5.ClH/c1-11(26)21-12-6-8-13(9-7-12)22-19-20-10-16(25(29)30)17(24-19)23-15-5-3-2-4-14(15)18(27)28;/h2-10H,1H3,(H,21,26)(H,27,28)(H2,20,22,23,24);1H. The van der Waals surface area contributed by atoms with Gasteiger partial charge in [0.2, 0.25) is 17.7 Å². The van der Waals surface area contributed by atoms with Crippen molar-refractivity contribution in [3.8, 4) is 0 Å². The van der Waals surface area contributed by atoms with Gasteiger partial charge in [-0.1, -0.05) is 12.1 Å². The maximum Gasteiger partial charge on any atom is 0.337 e. The van der Waals surface area contributed by atoms with E-state index in [2.05, 4.69) is 25.9 Å². The number of aromatic nitrogens is 2. The van der Waals surface area contributed by atoms with Crippen LogP contribution in [0.3, 0.4) is 0 Å². The third-order valence-electron chi connectivity index (χ3n) is 3.84. The Hall–Kier alpha value is -4.25. The summed E-state index contributed by atoms with van der Waals surface area (Å²) in [4.78, 5) is 41.2. The van der Waals surface area contributed by atoms with Crippen molar-refractivity contribution < 1.29 is 19.6 Å². The van der Waals surface area contributed by atoms with Gasteiger partial charge in [-0.15, -0.1) is 12.4 Å². The number of carbonyl (C=O) groups is 2. The average Bonchev–Trinajstić information content (AvgIpc) is 2.69. The van der Waals surface area contributed by atoms with E-state index in [4.69, 9.17) is 0 Å². The summed E-state index contributed by atoms with van der Waals surface area (Å²) in [6.07, 6.45) is 1.02. The van der Waals surface area contributed by atoms with Crippen LogP contribution in [-0.4, -0.2) is 31.9 Å². The molecule has 0 fully saturated rings. The molecule has 0 radical (unpaired) electrons. The quantitative estimate of drug-likeness (QED) is 0.312. The Morgan fingerprint density at radius 2 is 1.68 bits per heavy atom. The fraction of sp³-hybridized carbons (Fsp3) is 0.0526. The van der Waals surface area contributed by atoms with Gasteiger partial charge < -0.3 is 21.1 Å². The van der Waals surface area contributed by atoms with Gasteiger partial charge in [-0.05, 0) is 36.4 Å². The van der Waals surface area contributed by atoms with E-state index in [0.29, 0.717) is 11.4 Å². The van der Waals surface area contributed by atoms with E-state index in [1.54, 1.807) is 36.4 Å². The number of anilines is 5. The van der Waals surface area contributed by atoms with Crippen LogP contribution in [-0.2, 0) is 4.79 Å². The summed E-state index contributed by atoms with van der Waals surface area (Å²) in [6, 6.07) is 12.6. The number of rotatable bonds is 7. The van der Waals surface area contributed by atoms with Gasteiger partial charge in [0.15, 0.2) is 0 Å². The highest BCUT2D eigenvalue weighted by atomic mass is 35.5. The molecule has 160 valence electrons. The van der Waals surface area contributed by atoms with Crippen molar-refractivity contribution in [2.45, 2.75) is 6.92 Å². The van der Waals surface area contributed by atoms with E-state index in [1.165, 1.54) is 19.1 Å². The third-order valence-corrected chi connectivity index (χ3v) is 3.84. The highest BCUT2D eigenvalue weighted by Crippen LogP contribution is 2.28. The summed E-state index contributed by atoms with van der Waals surface area (Å²) in [5.74, 6) is -1.50. The number of hydrogen-bond donors (Lipinski definition) is 4. The second-order valence-electron chi connectivity index (χ2n) is 6.04. The normalized spacial score (nSPS) is 9.84. The summed E-state index contributed by atoms with van der Waals surface area (Å²) in [6.45, 7) is 1.40. The molecule has 0 aliphatic carbocycles. The topological polar surface area (TPSA) is 159 Å². The molecule has 0 aliphatic rings. The molecule has 1 amide bonds. The van der Waals surface area contributed by atoms with E-state index < -0.39 is 16.6 Å². The van der Waals surface area contributed by atoms with Gasteiger partial charge in [0.1, 0.15) is 6.20 Å². The number of carboxylic acids is 1. The first kappa shape index (κ1) is 23.0. The van der Waals surface area contributed by atoms with Gasteiger partial charge in [0, 0.05) is 18.3 Å². The fourth-order valence-corrected chi connectivity index (χ4v) is 2.54. The Morgan fingerprint density at radius 3 is 2.29 bits per heavy atom. The Morgan fingerprint density at radius 1 is 1.03 bits per heavy atom. The highest BCUT2D eigenvalue weighted by Gasteiger charge is 2.20. The molecule has 12 heteroatoms. The maximum absolute atomic E-state index is 11.4. The summed E-state index contributed by atoms with van der Waals surface area (Å²) in [5, 5.41) is 28.9. The smallest absolute Gasteiger partial charge is 0.337 e. The number of benzene rings is 2. The number of aromatic carboxylic acids is 1. The minimum Gasteiger partial charge on any atom is -0.478 e. The van der Waals surface area contributed by atoms with Crippen molar-refractivity contribution in [3.05, 3.63) is 70.4 Å². The van der Waals surface area contributed by atoms with Crippen molar-refractivity contribution in [3.63, 3.8) is 0 Å². The van der Waals surface area contributed by atoms with Gasteiger partial charge in [-0.25, -0.2) is 9.78 Å². The fourth-order valence-electron chi connectivity index (χ4n) is 2.54. The number of nitro groups is 1. The molecule has 0 unspecified atom stereocenters. The molecule has 0 saturated heterocycles. The molecular formula is C19H17ClN6O5. The van der Waals surface area contributed by atoms with Crippen LogP contribution >= 0.6 is 12.4 Å². The number of para-hydroxylation sites is 1. The summed E-state index contributed by atoms with van der Waals surface area (Å²) < 4.78 is 0. The van der Waals surface area contributed by atoms with Crippen molar-refractivity contribution in [2.75, 3.05) is 16.0 Å². The van der Waals surface area contributed by atoms with E-state index in [1.807, 2.05) is 0 Å². The molecule has 31 heavy (non-hydrogen) atoms. The predicted molar refractivity (Wildman–Crippen MR) is 117 cm³/mol. The average molecular weight is 445 g/mol. The largest absolute Gasteiger partial charge is 0.478 e. The Bertz CT molecular complexity index is 1120. The molecular weight excluding hydrogens is 428 g/mol. The molecule has 4 N–H and O–H groups in total. The van der Waals surface area contributed by atoms with Gasteiger partial charge in [-0.2, -0.15) is 4.98 Å². The van der Waals surface area contributed by atoms with Crippen LogP contribution < -0.4 is 16.0 Å². The molecule has 0 aliphatic heterocycles. The number of halogens is 1. The lowest BCUT2D eigenvalue weighted by Gasteiger charge is -2.11. The van der Waals surface area contributed by atoms with Crippen LogP contribution in [0, 0.1) is 10.1 Å². The number of amides is 1. The maximum atomic E-state index is 11.4. The molecule has 0 saturated carbocycles. The highest BCUT2D eigenvalue weighted by molar-refractivity contribution is 5.95. The van der Waals surface area contributed by atoms with Gasteiger partial charge >= 0.3 is 11.7 Å². The molecule has 0 bridgehead atoms. The number of carboxylic acid groups (broad SMARTS) is 1. The van der Waals surface area contributed by atoms with E-state index in [-0.39, 0.29) is 41.3 Å². The van der Waals surface area contributed by atoms with Gasteiger partial charge in [0.25, 0.3) is 0 Å². The van der Waals surface area contributed by atoms with E-state index in [0.717, 1.165) is 6.20 Å². The van der Waals surface area contributed by atoms with E-state index in [9.17, 15) is 24.8 Å². The molecule has 0 spiro atoms. The molecule has 1 aromatic heterocycles. The number of nitrogens with one attached hydrogen (secondary N) is 3. The molecule has 3 aromatic rings. The second-order valence-corrected chi connectivity index (χ2v) is 6.04. The van der Waals surface area contributed by atoms with Crippen LogP contribution in [0.2, 0.25) is 0 Å². The third kappa shape index (κ3) is 5.87. The lowest BCUT2D eigenvalue weighted by molar-refractivity contribution is -0.384. The Labute approximate surface area is 182 Å². The van der Waals surface area contributed by atoms with Crippen LogP contribution in [0.1, 0.15) is 17.3 Å². The monoisotopic (exact) mass is 444 g/mol. The molecule has 1 heterocycles. The number of hydrogen-bond acceptors (Lipinski definition) is 8. The predicted octanol–water partition coefficient (Wildman–Crippen LogP) is 3.95. The lowest BCUT2D eigenvalue weighted by Crippen LogP contribution is -2.08. The van der Waals surface area contributed by atoms with Crippen molar-refractivity contribution >= 4 is 58.8 Å². The number of nitrogens with zero attached hydrogens (tertiary/aromatic N) is 3. The molecule has 11 nitrogen and oxygen atoms in total. The summed E-state index contributed by atoms with van der Waals surface area (Å²) in [5.41, 5.74) is 0.854. The van der Waals surface area contributed by atoms with Crippen molar-refractivity contribution in [1.29, 1.82) is 0 Å². The first-order chi connectivity index (χ1) is 14.3. The SMILES string of the molecule is CC(=O)Nc1ccc(Nc2ncc([N+](=O)[O-])c(Nc3ccccc3C(=O)O)n2)cc1.Cl. The minimum atomic E-state index is -1.19. The molecule has 3 rings (SSSR count). The van der Waals surface area contributed by atoms with Crippen LogP contribution in [0.4, 0.5) is 34.5 Å². The minimum absolute atomic E-state index is 0. The first-order valence-corrected chi connectivity index (χ1v) is 8.59. The van der Waals surface area contributed by atoms with E-state index >= 15 is 0 Å². The lowest BCUT2D eigenvalue weighted by atomic mass is 10.2. The van der Waals surface area contributed by atoms with Gasteiger partial charge in [-0.3, -0.25) is 14.9 Å². The van der Waals surface area contributed by atoms with Gasteiger partial charge in [0.05, 0.1) is 16.2 Å². The van der Waals surface area contributed by atoms with Crippen molar-refractivity contribution in [2.24, 2.45) is 0 Å². The van der Waals surface area contributed by atoms with Crippen molar-refractivity contribution in [1.82, 2.24) is 9.97 Å². The summed E-state index contributed by atoms with van der Waals surface area (Å²) >= 11 is 0. The summed E-state index contributed by atoms with van der Waals surface area (Å²) in [7, 11) is 0. The second kappa shape index (κ2) is 9.98. The van der Waals surface area contributed by atoms with Crippen LogP contribution in [0.5, 0.6) is 0 Å².